The molecule has 17 nitrogen and oxygen atoms in total. The number of nitrogens with zero attached hydrogens (tertiary/aromatic N) is 1. The molecule has 0 saturated carbocycles. The van der Waals surface area contributed by atoms with Crippen LogP contribution in [0.4, 0.5) is 10.2 Å². The molecule has 19 heteroatoms. The summed E-state index contributed by atoms with van der Waals surface area (Å²) in [5.74, 6) is -4.19. The predicted octanol–water partition coefficient (Wildman–Crippen LogP) is 0.262. The molecule has 0 unspecified atom stereocenters. The molecular weight excluding hydrogens is 651 g/mol. The number of carbonyl (C=O) groups excluding carboxylic acids is 2. The summed E-state index contributed by atoms with van der Waals surface area (Å²) in [4.78, 5) is 48.4. The van der Waals surface area contributed by atoms with Crippen LogP contribution in [0.5, 0.6) is 5.75 Å². The number of hydrogen-bond donors (Lipinski definition) is 5. The quantitative estimate of drug-likeness (QED) is 0.0880. The third-order valence-corrected chi connectivity index (χ3v) is 6.93. The van der Waals surface area contributed by atoms with Gasteiger partial charge in [0.05, 0.1) is 56.7 Å². The highest BCUT2D eigenvalue weighted by Crippen LogP contribution is 2.23. The van der Waals surface area contributed by atoms with Crippen LogP contribution in [0.1, 0.15) is 23.2 Å². The summed E-state index contributed by atoms with van der Waals surface area (Å²) in [6.07, 6.45) is 1.16. The van der Waals surface area contributed by atoms with Gasteiger partial charge in [-0.25, -0.2) is 22.6 Å². The molecule has 47 heavy (non-hydrogen) atoms. The molecule has 260 valence electrons. The number of sulfonamides is 1. The van der Waals surface area contributed by atoms with Crippen molar-refractivity contribution in [2.75, 3.05) is 77.3 Å². The smallest absolute Gasteiger partial charge is 0.329 e. The van der Waals surface area contributed by atoms with Crippen molar-refractivity contribution in [2.24, 2.45) is 0 Å². The normalized spacial score (nSPS) is 11.1. The number of nitrogens with one attached hydrogen (secondary N) is 3. The molecular formula is C28H37FN4O13S. The zero-order chi connectivity index (χ0) is 34.5. The van der Waals surface area contributed by atoms with Crippen molar-refractivity contribution in [3.8, 4) is 5.75 Å². The van der Waals surface area contributed by atoms with E-state index in [0.717, 1.165) is 24.4 Å². The van der Waals surface area contributed by atoms with E-state index < -0.39 is 45.2 Å². The van der Waals surface area contributed by atoms with Crippen LogP contribution in [0, 0.1) is 5.82 Å². The molecule has 0 radical (unpaired) electrons. The molecule has 5 N–H and O–H groups in total. The maximum atomic E-state index is 14.3. The van der Waals surface area contributed by atoms with E-state index in [-0.39, 0.29) is 102 Å². The van der Waals surface area contributed by atoms with Crippen LogP contribution in [-0.4, -0.2) is 120 Å². The van der Waals surface area contributed by atoms with Gasteiger partial charge in [0.15, 0.2) is 11.6 Å². The zero-order valence-corrected chi connectivity index (χ0v) is 26.1. The second kappa shape index (κ2) is 21.4. The van der Waals surface area contributed by atoms with E-state index in [9.17, 15) is 32.0 Å². The predicted molar refractivity (Wildman–Crippen MR) is 160 cm³/mol. The van der Waals surface area contributed by atoms with Gasteiger partial charge >= 0.3 is 11.9 Å². The van der Waals surface area contributed by atoms with Gasteiger partial charge in [0.25, 0.3) is 15.9 Å². The van der Waals surface area contributed by atoms with Gasteiger partial charge in [0.1, 0.15) is 19.0 Å². The molecule has 0 atom stereocenters. The number of anilines is 1. The van der Waals surface area contributed by atoms with Crippen molar-refractivity contribution < 1.29 is 65.9 Å². The Morgan fingerprint density at radius 3 is 2.06 bits per heavy atom. The summed E-state index contributed by atoms with van der Waals surface area (Å²) in [7, 11) is -4.22. The summed E-state index contributed by atoms with van der Waals surface area (Å²) in [5.41, 5.74) is 0.148. The second-order valence-electron chi connectivity index (χ2n) is 9.31. The number of benzene rings is 1. The molecule has 1 heterocycles. The lowest BCUT2D eigenvalue weighted by Gasteiger charge is -2.11. The molecule has 0 saturated heterocycles. The number of aliphatic carboxylic acids is 2. The van der Waals surface area contributed by atoms with Crippen LogP contribution in [0.25, 0.3) is 0 Å². The minimum atomic E-state index is -4.22. The van der Waals surface area contributed by atoms with Crippen molar-refractivity contribution in [1.82, 2.24) is 15.6 Å². The maximum absolute atomic E-state index is 14.3. The number of pyridine rings is 1. The van der Waals surface area contributed by atoms with Gasteiger partial charge in [-0.05, 0) is 36.8 Å². The SMILES string of the molecule is O=C(O)CCCOc1ccc(S(=O)(=O)Nc2ccc(C(=O)NCCOCCOCC(=O)NCCOCCOCC(=O)O)cn2)cc1F. The average Bonchev–Trinajstić information content (AvgIpc) is 3.02. The highest BCUT2D eigenvalue weighted by Gasteiger charge is 2.18. The van der Waals surface area contributed by atoms with Crippen LogP contribution < -0.4 is 20.1 Å². The lowest BCUT2D eigenvalue weighted by Crippen LogP contribution is -2.31. The number of halogens is 1. The molecule has 0 spiro atoms. The highest BCUT2D eigenvalue weighted by atomic mass is 32.2. The first-order chi connectivity index (χ1) is 22.5. The first kappa shape index (κ1) is 38.8. The minimum Gasteiger partial charge on any atom is -0.491 e. The number of carboxylic acids is 2. The summed E-state index contributed by atoms with van der Waals surface area (Å²) in [5, 5.41) is 22.2. The highest BCUT2D eigenvalue weighted by molar-refractivity contribution is 7.92. The minimum absolute atomic E-state index is 0.0563. The third kappa shape index (κ3) is 16.6. The first-order valence-corrected chi connectivity index (χ1v) is 15.7. The summed E-state index contributed by atoms with van der Waals surface area (Å²) in [6, 6.07) is 5.61. The summed E-state index contributed by atoms with van der Waals surface area (Å²) in [6.45, 7) is 0.783. The van der Waals surface area contributed by atoms with Crippen LogP contribution in [0.3, 0.4) is 0 Å². The van der Waals surface area contributed by atoms with Crippen molar-refractivity contribution >= 4 is 39.6 Å². The number of carbonyl (C=O) groups is 4. The molecule has 1 aromatic heterocycles. The van der Waals surface area contributed by atoms with Crippen molar-refractivity contribution in [2.45, 2.75) is 17.7 Å². The lowest BCUT2D eigenvalue weighted by atomic mass is 10.2. The van der Waals surface area contributed by atoms with Crippen LogP contribution in [0.15, 0.2) is 41.4 Å². The Morgan fingerprint density at radius 1 is 0.787 bits per heavy atom. The Labute approximate surface area is 269 Å². The van der Waals surface area contributed by atoms with Crippen LogP contribution >= 0.6 is 0 Å². The number of aromatic nitrogens is 1. The first-order valence-electron chi connectivity index (χ1n) is 14.2. The van der Waals surface area contributed by atoms with Gasteiger partial charge in [-0.2, -0.15) is 0 Å². The number of rotatable bonds is 25. The lowest BCUT2D eigenvalue weighted by molar-refractivity contribution is -0.143. The van der Waals surface area contributed by atoms with Gasteiger partial charge in [0, 0.05) is 25.7 Å². The molecule has 0 aliphatic rings. The fourth-order valence-electron chi connectivity index (χ4n) is 3.37. The monoisotopic (exact) mass is 688 g/mol. The van der Waals surface area contributed by atoms with Crippen molar-refractivity contribution in [1.29, 1.82) is 0 Å². The van der Waals surface area contributed by atoms with E-state index in [4.69, 9.17) is 33.9 Å². The fraction of sp³-hybridized carbons (Fsp3) is 0.464. The van der Waals surface area contributed by atoms with Gasteiger partial charge in [0.2, 0.25) is 5.91 Å². The van der Waals surface area contributed by atoms with Crippen LogP contribution in [0.2, 0.25) is 0 Å². The molecule has 0 aliphatic heterocycles. The molecule has 2 aromatic rings. The number of hydrogen-bond acceptors (Lipinski definition) is 12. The molecule has 0 fully saturated rings. The van der Waals surface area contributed by atoms with Gasteiger partial charge in [-0.1, -0.05) is 0 Å². The van der Waals surface area contributed by atoms with E-state index in [2.05, 4.69) is 20.3 Å². The topological polar surface area (TPSA) is 238 Å². The molecule has 2 rings (SSSR count). The Kier molecular flexibility index (Phi) is 17.6. The van der Waals surface area contributed by atoms with Gasteiger partial charge in [-0.15, -0.1) is 0 Å². The zero-order valence-electron chi connectivity index (χ0n) is 25.3. The van der Waals surface area contributed by atoms with E-state index in [1.165, 1.54) is 12.1 Å². The van der Waals surface area contributed by atoms with E-state index in [1.807, 2.05) is 0 Å². The maximum Gasteiger partial charge on any atom is 0.329 e. The van der Waals surface area contributed by atoms with Crippen molar-refractivity contribution in [3.63, 3.8) is 0 Å². The average molecular weight is 689 g/mol. The summed E-state index contributed by atoms with van der Waals surface area (Å²) >= 11 is 0. The van der Waals surface area contributed by atoms with Gasteiger partial charge in [-0.3, -0.25) is 19.1 Å². The Hall–Kier alpha value is -4.43. The molecule has 0 aliphatic carbocycles. The van der Waals surface area contributed by atoms with Crippen molar-refractivity contribution in [3.05, 3.63) is 47.9 Å². The third-order valence-electron chi connectivity index (χ3n) is 5.57. The fourth-order valence-corrected chi connectivity index (χ4v) is 4.39. The Morgan fingerprint density at radius 2 is 1.45 bits per heavy atom. The number of carboxylic acid groups (broad SMARTS) is 2. The van der Waals surface area contributed by atoms with E-state index in [1.54, 1.807) is 0 Å². The largest absolute Gasteiger partial charge is 0.491 e. The molecule has 2 amide bonds. The standard InChI is InChI=1S/C28H37FN4O13S/c29-22-16-21(4-5-23(22)46-9-1-2-26(35)36)47(40,41)33-24-6-3-20(17-32-24)28(39)31-8-11-43-12-14-44-18-25(34)30-7-10-42-13-15-45-19-27(37)38/h3-6,16-17H,1-2,7-15,18-19H2,(H,30,34)(H,31,39)(H,32,33)(H,35,36)(H,37,38). The van der Waals surface area contributed by atoms with E-state index in [0.29, 0.717) is 0 Å². The number of amides is 2. The summed E-state index contributed by atoms with van der Waals surface area (Å²) < 4.78 is 67.5. The second-order valence-corrected chi connectivity index (χ2v) is 11.0. The molecule has 1 aromatic carbocycles. The Bertz CT molecular complexity index is 1410. The van der Waals surface area contributed by atoms with Gasteiger partial charge < -0.3 is 44.5 Å². The van der Waals surface area contributed by atoms with E-state index >= 15 is 0 Å². The van der Waals surface area contributed by atoms with Crippen LogP contribution in [-0.2, 0) is 43.4 Å². The molecule has 0 bridgehead atoms. The number of ether oxygens (including phenoxy) is 5. The Balaban J connectivity index is 1.59.